The summed E-state index contributed by atoms with van der Waals surface area (Å²) in [6.07, 6.45) is 4.05. The zero-order chi connectivity index (χ0) is 10.4. The number of nitrogens with two attached hydrogens (primary N) is 1. The zero-order valence-electron chi connectivity index (χ0n) is 8.29. The Morgan fingerprint density at radius 1 is 1.64 bits per heavy atom. The molecule has 0 unspecified atom stereocenters. The zero-order valence-corrected chi connectivity index (χ0v) is 9.10. The first-order valence-corrected chi connectivity index (χ1v) is 5.14. The van der Waals surface area contributed by atoms with Gasteiger partial charge in [-0.2, -0.15) is 0 Å². The van der Waals surface area contributed by atoms with Crippen molar-refractivity contribution in [2.75, 3.05) is 11.9 Å². The average Bonchev–Trinajstić information content (AvgIpc) is 2.19. The van der Waals surface area contributed by atoms with E-state index in [0.717, 1.165) is 18.7 Å². The van der Waals surface area contributed by atoms with Gasteiger partial charge in [0.1, 0.15) is 4.99 Å². The summed E-state index contributed by atoms with van der Waals surface area (Å²) in [5, 5.41) is 3.29. The lowest BCUT2D eigenvalue weighted by atomic mass is 10.3. The molecule has 0 amide bonds. The fraction of sp³-hybridized carbons (Fsp3) is 0.400. The van der Waals surface area contributed by atoms with Gasteiger partial charge in [-0.15, -0.1) is 0 Å². The van der Waals surface area contributed by atoms with E-state index in [-0.39, 0.29) is 0 Å². The Kier molecular flexibility index (Phi) is 4.32. The lowest BCUT2D eigenvalue weighted by Gasteiger charge is -2.06. The van der Waals surface area contributed by atoms with E-state index in [4.69, 9.17) is 18.0 Å². The van der Waals surface area contributed by atoms with Gasteiger partial charge in [0, 0.05) is 18.4 Å². The van der Waals surface area contributed by atoms with Crippen LogP contribution in [0.1, 0.15) is 25.5 Å². The molecule has 76 valence electrons. The fourth-order valence-corrected chi connectivity index (χ4v) is 1.20. The number of hydrogen-bond donors (Lipinski definition) is 2. The highest BCUT2D eigenvalue weighted by Crippen LogP contribution is 2.07. The summed E-state index contributed by atoms with van der Waals surface area (Å²) in [6, 6.07) is 3.79. The van der Waals surface area contributed by atoms with Crippen molar-refractivity contribution in [2.24, 2.45) is 5.73 Å². The van der Waals surface area contributed by atoms with Crippen LogP contribution in [0, 0.1) is 0 Å². The van der Waals surface area contributed by atoms with Gasteiger partial charge in [0.2, 0.25) is 0 Å². The van der Waals surface area contributed by atoms with Gasteiger partial charge in [0.15, 0.2) is 0 Å². The molecule has 1 aromatic heterocycles. The summed E-state index contributed by atoms with van der Waals surface area (Å²) in [4.78, 5) is 4.40. The molecule has 0 fully saturated rings. The van der Waals surface area contributed by atoms with Gasteiger partial charge in [-0.1, -0.05) is 25.6 Å². The molecule has 0 saturated carbocycles. The Morgan fingerprint density at radius 2 is 2.43 bits per heavy atom. The Balaban J connectivity index is 2.59. The molecule has 0 aliphatic carbocycles. The van der Waals surface area contributed by atoms with E-state index >= 15 is 0 Å². The van der Waals surface area contributed by atoms with Crippen molar-refractivity contribution in [1.82, 2.24) is 4.98 Å². The van der Waals surface area contributed by atoms with Crippen LogP contribution in [-0.2, 0) is 0 Å². The Bertz CT molecular complexity index is 312. The first-order chi connectivity index (χ1) is 6.74. The number of aromatic nitrogens is 1. The highest BCUT2D eigenvalue weighted by molar-refractivity contribution is 7.80. The van der Waals surface area contributed by atoms with Crippen LogP contribution >= 0.6 is 12.2 Å². The summed E-state index contributed by atoms with van der Waals surface area (Å²) >= 11 is 4.84. The molecule has 1 rings (SSSR count). The van der Waals surface area contributed by atoms with E-state index in [1.807, 2.05) is 12.1 Å². The third kappa shape index (κ3) is 3.30. The number of thiocarbonyl (C=S) groups is 1. The van der Waals surface area contributed by atoms with E-state index in [0.29, 0.717) is 10.7 Å². The van der Waals surface area contributed by atoms with Crippen LogP contribution in [0.3, 0.4) is 0 Å². The molecule has 1 aromatic rings. The van der Waals surface area contributed by atoms with Crippen molar-refractivity contribution in [2.45, 2.75) is 19.8 Å². The van der Waals surface area contributed by atoms with Gasteiger partial charge in [-0.25, -0.2) is 0 Å². The molecule has 0 radical (unpaired) electrons. The lowest BCUT2D eigenvalue weighted by molar-refractivity contribution is 0.834. The third-order valence-corrected chi connectivity index (χ3v) is 2.08. The van der Waals surface area contributed by atoms with Crippen molar-refractivity contribution in [3.63, 3.8) is 0 Å². The normalized spacial score (nSPS) is 9.79. The molecular formula is C10H15N3S. The quantitative estimate of drug-likeness (QED) is 0.574. The van der Waals surface area contributed by atoms with E-state index < -0.39 is 0 Å². The van der Waals surface area contributed by atoms with Crippen molar-refractivity contribution >= 4 is 22.9 Å². The van der Waals surface area contributed by atoms with Gasteiger partial charge in [-0.05, 0) is 18.6 Å². The maximum absolute atomic E-state index is 5.48. The molecule has 0 saturated heterocycles. The minimum Gasteiger partial charge on any atom is -0.388 e. The molecule has 14 heavy (non-hydrogen) atoms. The van der Waals surface area contributed by atoms with Crippen LogP contribution in [0.25, 0.3) is 0 Å². The van der Waals surface area contributed by atoms with E-state index in [9.17, 15) is 0 Å². The summed E-state index contributed by atoms with van der Waals surface area (Å²) in [5.74, 6) is 0. The molecule has 3 N–H and O–H groups in total. The van der Waals surface area contributed by atoms with Gasteiger partial charge in [0.25, 0.3) is 0 Å². The highest BCUT2D eigenvalue weighted by atomic mass is 32.1. The van der Waals surface area contributed by atoms with Crippen LogP contribution in [0.2, 0.25) is 0 Å². The van der Waals surface area contributed by atoms with Crippen LogP contribution in [0.15, 0.2) is 18.3 Å². The molecule has 0 atom stereocenters. The Hall–Kier alpha value is -1.16. The standard InChI is InChI=1S/C10H15N3S/c1-2-3-5-12-8-4-6-13-9(7-8)10(11)14/h4,6-7H,2-3,5H2,1H3,(H2,11,14)(H,12,13). The molecule has 0 bridgehead atoms. The van der Waals surface area contributed by atoms with Crippen LogP contribution in [-0.4, -0.2) is 16.5 Å². The van der Waals surface area contributed by atoms with Gasteiger partial charge in [0.05, 0.1) is 5.69 Å². The van der Waals surface area contributed by atoms with E-state index in [1.54, 1.807) is 6.20 Å². The van der Waals surface area contributed by atoms with Gasteiger partial charge < -0.3 is 11.1 Å². The maximum Gasteiger partial charge on any atom is 0.122 e. The van der Waals surface area contributed by atoms with Crippen molar-refractivity contribution in [1.29, 1.82) is 0 Å². The smallest absolute Gasteiger partial charge is 0.122 e. The monoisotopic (exact) mass is 209 g/mol. The molecular weight excluding hydrogens is 194 g/mol. The molecule has 0 aliphatic rings. The van der Waals surface area contributed by atoms with Crippen molar-refractivity contribution in [3.8, 4) is 0 Å². The first-order valence-electron chi connectivity index (χ1n) is 4.73. The van der Waals surface area contributed by atoms with Crippen molar-refractivity contribution < 1.29 is 0 Å². The predicted molar refractivity (Wildman–Crippen MR) is 63.5 cm³/mol. The molecule has 4 heteroatoms. The average molecular weight is 209 g/mol. The number of anilines is 1. The summed E-state index contributed by atoms with van der Waals surface area (Å²) < 4.78 is 0. The molecule has 1 heterocycles. The topological polar surface area (TPSA) is 50.9 Å². The van der Waals surface area contributed by atoms with E-state index in [2.05, 4.69) is 17.2 Å². The second-order valence-corrected chi connectivity index (χ2v) is 3.51. The number of unbranched alkanes of at least 4 members (excludes halogenated alkanes) is 1. The van der Waals surface area contributed by atoms with Crippen LogP contribution < -0.4 is 11.1 Å². The number of pyridine rings is 1. The van der Waals surface area contributed by atoms with Crippen molar-refractivity contribution in [3.05, 3.63) is 24.0 Å². The minimum atomic E-state index is 0.337. The summed E-state index contributed by atoms with van der Waals surface area (Å²) in [6.45, 7) is 3.13. The number of nitrogens with zero attached hydrogens (tertiary/aromatic N) is 1. The summed E-state index contributed by atoms with van der Waals surface area (Å²) in [5.41, 5.74) is 7.17. The predicted octanol–water partition coefficient (Wildman–Crippen LogP) is 1.93. The van der Waals surface area contributed by atoms with Gasteiger partial charge in [-0.3, -0.25) is 4.98 Å². The van der Waals surface area contributed by atoms with E-state index in [1.165, 1.54) is 6.42 Å². The van der Waals surface area contributed by atoms with Crippen LogP contribution in [0.5, 0.6) is 0 Å². The maximum atomic E-state index is 5.48. The molecule has 3 nitrogen and oxygen atoms in total. The Labute approximate surface area is 89.7 Å². The second-order valence-electron chi connectivity index (χ2n) is 3.07. The number of rotatable bonds is 5. The minimum absolute atomic E-state index is 0.337. The SMILES string of the molecule is CCCCNc1ccnc(C(N)=S)c1. The molecule has 0 aromatic carbocycles. The number of hydrogen-bond acceptors (Lipinski definition) is 3. The number of nitrogens with one attached hydrogen (secondary N) is 1. The van der Waals surface area contributed by atoms with Gasteiger partial charge >= 0.3 is 0 Å². The first kappa shape index (κ1) is 10.9. The lowest BCUT2D eigenvalue weighted by Crippen LogP contribution is -2.12. The third-order valence-electron chi connectivity index (χ3n) is 1.87. The van der Waals surface area contributed by atoms with Crippen LogP contribution in [0.4, 0.5) is 5.69 Å². The highest BCUT2D eigenvalue weighted by Gasteiger charge is 1.98. The fourth-order valence-electron chi connectivity index (χ4n) is 1.08. The largest absolute Gasteiger partial charge is 0.388 e. The molecule has 0 aliphatic heterocycles. The molecule has 0 spiro atoms. The summed E-state index contributed by atoms with van der Waals surface area (Å²) in [7, 11) is 0. The Morgan fingerprint density at radius 3 is 3.07 bits per heavy atom. The second kappa shape index (κ2) is 5.54.